The van der Waals surface area contributed by atoms with E-state index < -0.39 is 4.92 Å². The summed E-state index contributed by atoms with van der Waals surface area (Å²) in [5, 5.41) is 16.2. The summed E-state index contributed by atoms with van der Waals surface area (Å²) >= 11 is 3.50. The van der Waals surface area contributed by atoms with Gasteiger partial charge in [-0.1, -0.05) is 82.7 Å². The molecule has 9 heteroatoms. The highest BCUT2D eigenvalue weighted by atomic mass is 79.9. The smallest absolute Gasteiger partial charge is 0.373 e. The topological polar surface area (TPSA) is 103 Å². The molecule has 0 atom stereocenters. The number of hydrogen-bond donors (Lipinski definition) is 1. The Morgan fingerprint density at radius 2 is 1.54 bits per heavy atom. The maximum Gasteiger partial charge on any atom is 0.373 e. The second-order valence-electron chi connectivity index (χ2n) is 7.58. The second-order valence-corrected chi connectivity index (χ2v) is 8.43. The Kier molecular flexibility index (Phi) is 6.32. The van der Waals surface area contributed by atoms with E-state index in [1.807, 2.05) is 66.7 Å². The number of hydrogen-bond acceptors (Lipinski definition) is 7. The average molecular weight is 528 g/mol. The first kappa shape index (κ1) is 22.4. The van der Waals surface area contributed by atoms with Crippen molar-refractivity contribution >= 4 is 38.3 Å². The maximum absolute atomic E-state index is 12.2. The molecule has 0 aliphatic rings. The van der Waals surface area contributed by atoms with Crippen LogP contribution in [0.3, 0.4) is 0 Å². The molecule has 1 N–H and O–H groups in total. The Hall–Kier alpha value is -4.37. The van der Waals surface area contributed by atoms with Crippen LogP contribution >= 0.6 is 15.9 Å². The molecule has 0 aliphatic heterocycles. The van der Waals surface area contributed by atoms with Crippen molar-refractivity contribution in [2.45, 2.75) is 6.04 Å². The SMILES string of the molecule is O=[N+]([O-])c1c(NC(c2ccccc2)c2ccccc2)ncnc1Oc1ccc(Br)c2cccnc12. The summed E-state index contributed by atoms with van der Waals surface area (Å²) in [5.74, 6) is 0.216. The van der Waals surface area contributed by atoms with Crippen molar-refractivity contribution in [2.75, 3.05) is 5.32 Å². The number of halogens is 1. The number of pyridine rings is 1. The van der Waals surface area contributed by atoms with Crippen LogP contribution in [0.25, 0.3) is 10.9 Å². The molecule has 0 spiro atoms. The minimum atomic E-state index is -0.542. The molecule has 5 aromatic rings. The molecule has 2 heterocycles. The van der Waals surface area contributed by atoms with Gasteiger partial charge in [-0.3, -0.25) is 15.1 Å². The molecule has 35 heavy (non-hydrogen) atoms. The minimum Gasteiger partial charge on any atom is -0.431 e. The van der Waals surface area contributed by atoms with Crippen LogP contribution in [0, 0.1) is 10.1 Å². The maximum atomic E-state index is 12.2. The van der Waals surface area contributed by atoms with Crippen LogP contribution in [0.15, 0.2) is 102 Å². The molecular weight excluding hydrogens is 510 g/mol. The number of fused-ring (bicyclic) bond motifs is 1. The van der Waals surface area contributed by atoms with Gasteiger partial charge in [-0.25, -0.2) is 4.98 Å². The average Bonchev–Trinajstić information content (AvgIpc) is 2.90. The van der Waals surface area contributed by atoms with Crippen molar-refractivity contribution in [1.29, 1.82) is 0 Å². The van der Waals surface area contributed by atoms with Gasteiger partial charge in [0.1, 0.15) is 11.8 Å². The summed E-state index contributed by atoms with van der Waals surface area (Å²) in [7, 11) is 0. The third-order valence-corrected chi connectivity index (χ3v) is 6.10. The lowest BCUT2D eigenvalue weighted by atomic mass is 9.99. The van der Waals surface area contributed by atoms with Gasteiger partial charge in [0.15, 0.2) is 5.75 Å². The zero-order chi connectivity index (χ0) is 24.2. The summed E-state index contributed by atoms with van der Waals surface area (Å²) in [6.07, 6.45) is 2.87. The Bertz CT molecular complexity index is 1460. The number of rotatable bonds is 7. The predicted octanol–water partition coefficient (Wildman–Crippen LogP) is 6.69. The van der Waals surface area contributed by atoms with Crippen LogP contribution in [0.4, 0.5) is 11.5 Å². The second kappa shape index (κ2) is 9.86. The molecule has 0 amide bonds. The fourth-order valence-electron chi connectivity index (χ4n) is 3.79. The van der Waals surface area contributed by atoms with Gasteiger partial charge in [-0.2, -0.15) is 4.98 Å². The van der Waals surface area contributed by atoms with Gasteiger partial charge < -0.3 is 10.1 Å². The predicted molar refractivity (Wildman–Crippen MR) is 137 cm³/mol. The number of nitrogens with zero attached hydrogens (tertiary/aromatic N) is 4. The summed E-state index contributed by atoms with van der Waals surface area (Å²) in [4.78, 5) is 24.3. The van der Waals surface area contributed by atoms with Crippen LogP contribution in [0.1, 0.15) is 17.2 Å². The van der Waals surface area contributed by atoms with Crippen molar-refractivity contribution in [3.8, 4) is 11.6 Å². The molecule has 0 saturated carbocycles. The summed E-state index contributed by atoms with van der Waals surface area (Å²) in [5.41, 5.74) is 2.04. The largest absolute Gasteiger partial charge is 0.431 e. The van der Waals surface area contributed by atoms with Crippen molar-refractivity contribution in [2.24, 2.45) is 0 Å². The Morgan fingerprint density at radius 3 is 2.20 bits per heavy atom. The Balaban J connectivity index is 1.58. The first-order chi connectivity index (χ1) is 17.1. The van der Waals surface area contributed by atoms with Crippen molar-refractivity contribution in [1.82, 2.24) is 15.0 Å². The summed E-state index contributed by atoms with van der Waals surface area (Å²) < 4.78 is 6.79. The highest BCUT2D eigenvalue weighted by Crippen LogP contribution is 2.39. The van der Waals surface area contributed by atoms with Crippen LogP contribution < -0.4 is 10.1 Å². The molecule has 0 saturated heterocycles. The molecule has 172 valence electrons. The third kappa shape index (κ3) is 4.67. The van der Waals surface area contributed by atoms with E-state index in [4.69, 9.17) is 4.74 Å². The minimum absolute atomic E-state index is 0.0482. The molecule has 8 nitrogen and oxygen atoms in total. The number of ether oxygens (including phenoxy) is 1. The Morgan fingerprint density at radius 1 is 0.857 bits per heavy atom. The number of anilines is 1. The molecule has 0 unspecified atom stereocenters. The number of nitrogens with one attached hydrogen (secondary N) is 1. The van der Waals surface area contributed by atoms with Crippen molar-refractivity contribution in [3.63, 3.8) is 0 Å². The van der Waals surface area contributed by atoms with E-state index in [1.54, 1.807) is 24.4 Å². The van der Waals surface area contributed by atoms with E-state index in [1.165, 1.54) is 6.33 Å². The van der Waals surface area contributed by atoms with E-state index in [9.17, 15) is 10.1 Å². The first-order valence-electron chi connectivity index (χ1n) is 10.7. The molecule has 0 fully saturated rings. The highest BCUT2D eigenvalue weighted by Gasteiger charge is 2.28. The van der Waals surface area contributed by atoms with E-state index in [0.717, 1.165) is 21.0 Å². The van der Waals surface area contributed by atoms with E-state index >= 15 is 0 Å². The lowest BCUT2D eigenvalue weighted by molar-refractivity contribution is -0.385. The van der Waals surface area contributed by atoms with Gasteiger partial charge in [-0.15, -0.1) is 0 Å². The molecular formula is C26H18BrN5O3. The van der Waals surface area contributed by atoms with Gasteiger partial charge in [0.2, 0.25) is 5.82 Å². The number of aromatic nitrogens is 3. The van der Waals surface area contributed by atoms with E-state index in [2.05, 4.69) is 36.2 Å². The quantitative estimate of drug-likeness (QED) is 0.185. The van der Waals surface area contributed by atoms with Gasteiger partial charge in [0.25, 0.3) is 0 Å². The monoisotopic (exact) mass is 527 g/mol. The third-order valence-electron chi connectivity index (χ3n) is 5.40. The fourth-order valence-corrected chi connectivity index (χ4v) is 4.24. The Labute approximate surface area is 208 Å². The van der Waals surface area contributed by atoms with Crippen LogP contribution in [0.2, 0.25) is 0 Å². The molecule has 0 bridgehead atoms. The normalized spacial score (nSPS) is 10.9. The molecule has 0 aliphatic carbocycles. The van der Waals surface area contributed by atoms with E-state index in [0.29, 0.717) is 11.3 Å². The molecule has 3 aromatic carbocycles. The van der Waals surface area contributed by atoms with Crippen LogP contribution in [-0.4, -0.2) is 19.9 Å². The lowest BCUT2D eigenvalue weighted by Crippen LogP contribution is -2.15. The zero-order valence-corrected chi connectivity index (χ0v) is 19.8. The summed E-state index contributed by atoms with van der Waals surface area (Å²) in [6.45, 7) is 0. The van der Waals surface area contributed by atoms with Crippen LogP contribution in [-0.2, 0) is 0 Å². The van der Waals surface area contributed by atoms with Gasteiger partial charge in [0, 0.05) is 16.1 Å². The lowest BCUT2D eigenvalue weighted by Gasteiger charge is -2.20. The molecule has 5 rings (SSSR count). The number of benzene rings is 3. The van der Waals surface area contributed by atoms with Gasteiger partial charge in [-0.05, 0) is 29.3 Å². The van der Waals surface area contributed by atoms with Crippen LogP contribution in [0.5, 0.6) is 11.6 Å². The molecule has 0 radical (unpaired) electrons. The molecule has 2 aromatic heterocycles. The number of nitro groups is 1. The highest BCUT2D eigenvalue weighted by molar-refractivity contribution is 9.10. The summed E-state index contributed by atoms with van der Waals surface area (Å²) in [6, 6.07) is 26.1. The standard InChI is InChI=1S/C26H18BrN5O3/c27-20-13-14-21(23-19(20)12-7-15-28-23)35-26-24(32(33)34)25(29-16-30-26)31-22(17-8-3-1-4-9-17)18-10-5-2-6-11-18/h1-16,22H,(H,29,30,31). The zero-order valence-electron chi connectivity index (χ0n) is 18.2. The fraction of sp³-hybridized carbons (Fsp3) is 0.0385. The first-order valence-corrected chi connectivity index (χ1v) is 11.5. The van der Waals surface area contributed by atoms with Crippen molar-refractivity contribution in [3.05, 3.63) is 123 Å². The van der Waals surface area contributed by atoms with Gasteiger partial charge >= 0.3 is 11.6 Å². The van der Waals surface area contributed by atoms with E-state index in [-0.39, 0.29) is 23.4 Å². The van der Waals surface area contributed by atoms with Gasteiger partial charge in [0.05, 0.1) is 11.0 Å². The van der Waals surface area contributed by atoms with Crippen molar-refractivity contribution < 1.29 is 9.66 Å².